The molecule has 0 aromatic heterocycles. The standard InChI is InChI=1S/C17H21NO3S/c1-13(2)16-6-4-5-7-17(16)21-12-14-8-10-15(11-9-14)22(19,20)18-3/h4-11,13,18H,12H2,1-3H3. The Labute approximate surface area is 132 Å². The maximum absolute atomic E-state index is 11.7. The van der Waals surface area contributed by atoms with Crippen LogP contribution in [0.5, 0.6) is 5.75 Å². The Morgan fingerprint density at radius 2 is 1.68 bits per heavy atom. The van der Waals surface area contributed by atoms with Crippen molar-refractivity contribution >= 4 is 10.0 Å². The molecule has 0 amide bonds. The van der Waals surface area contributed by atoms with Crippen molar-refractivity contribution in [3.8, 4) is 5.75 Å². The fourth-order valence-corrected chi connectivity index (χ4v) is 2.86. The first-order valence-electron chi connectivity index (χ1n) is 7.18. The lowest BCUT2D eigenvalue weighted by molar-refractivity contribution is 0.301. The van der Waals surface area contributed by atoms with Crippen LogP contribution < -0.4 is 9.46 Å². The summed E-state index contributed by atoms with van der Waals surface area (Å²) in [7, 11) is -1.99. The van der Waals surface area contributed by atoms with Gasteiger partial charge in [0, 0.05) is 0 Å². The van der Waals surface area contributed by atoms with Gasteiger partial charge in [-0.25, -0.2) is 13.1 Å². The van der Waals surface area contributed by atoms with Crippen LogP contribution in [-0.2, 0) is 16.6 Å². The quantitative estimate of drug-likeness (QED) is 0.889. The Kier molecular flexibility index (Phi) is 5.21. The van der Waals surface area contributed by atoms with E-state index in [9.17, 15) is 8.42 Å². The van der Waals surface area contributed by atoms with Crippen LogP contribution in [-0.4, -0.2) is 15.5 Å². The van der Waals surface area contributed by atoms with E-state index in [1.54, 1.807) is 24.3 Å². The Morgan fingerprint density at radius 3 is 2.27 bits per heavy atom. The van der Waals surface area contributed by atoms with Crippen LogP contribution in [0, 0.1) is 0 Å². The molecule has 0 fully saturated rings. The highest BCUT2D eigenvalue weighted by atomic mass is 32.2. The van der Waals surface area contributed by atoms with Gasteiger partial charge in [0.15, 0.2) is 0 Å². The topological polar surface area (TPSA) is 55.4 Å². The molecule has 2 aromatic carbocycles. The third kappa shape index (κ3) is 3.87. The summed E-state index contributed by atoms with van der Waals surface area (Å²) < 4.78 is 31.5. The monoisotopic (exact) mass is 319 g/mol. The first kappa shape index (κ1) is 16.5. The maximum Gasteiger partial charge on any atom is 0.240 e. The van der Waals surface area contributed by atoms with Gasteiger partial charge in [-0.1, -0.05) is 44.2 Å². The molecule has 0 bridgehead atoms. The van der Waals surface area contributed by atoms with Crippen LogP contribution in [0.15, 0.2) is 53.4 Å². The number of para-hydroxylation sites is 1. The fourth-order valence-electron chi connectivity index (χ4n) is 2.13. The molecule has 22 heavy (non-hydrogen) atoms. The second kappa shape index (κ2) is 6.94. The van der Waals surface area contributed by atoms with Gasteiger partial charge in [-0.05, 0) is 42.3 Å². The van der Waals surface area contributed by atoms with Crippen molar-refractivity contribution in [2.75, 3.05) is 7.05 Å². The summed E-state index contributed by atoms with van der Waals surface area (Å²) in [4.78, 5) is 0.251. The summed E-state index contributed by atoms with van der Waals surface area (Å²) in [6, 6.07) is 14.7. The van der Waals surface area contributed by atoms with Gasteiger partial charge < -0.3 is 4.74 Å². The van der Waals surface area contributed by atoms with Crippen LogP contribution in [0.25, 0.3) is 0 Å². The minimum atomic E-state index is -3.39. The number of ether oxygens (including phenoxy) is 1. The summed E-state index contributed by atoms with van der Waals surface area (Å²) in [6.45, 7) is 4.66. The van der Waals surface area contributed by atoms with E-state index in [4.69, 9.17) is 4.74 Å². The number of benzene rings is 2. The van der Waals surface area contributed by atoms with E-state index in [0.29, 0.717) is 12.5 Å². The third-order valence-electron chi connectivity index (χ3n) is 3.44. The maximum atomic E-state index is 11.7. The van der Waals surface area contributed by atoms with E-state index >= 15 is 0 Å². The lowest BCUT2D eigenvalue weighted by atomic mass is 10.0. The van der Waals surface area contributed by atoms with Gasteiger partial charge in [-0.3, -0.25) is 0 Å². The van der Waals surface area contributed by atoms with E-state index < -0.39 is 10.0 Å². The van der Waals surface area contributed by atoms with Crippen molar-refractivity contribution in [2.45, 2.75) is 31.3 Å². The van der Waals surface area contributed by atoms with Crippen molar-refractivity contribution in [3.05, 3.63) is 59.7 Å². The first-order valence-corrected chi connectivity index (χ1v) is 8.66. The zero-order valence-corrected chi connectivity index (χ0v) is 13.9. The minimum absolute atomic E-state index is 0.251. The lowest BCUT2D eigenvalue weighted by Gasteiger charge is -2.14. The molecule has 0 atom stereocenters. The van der Waals surface area contributed by atoms with Crippen molar-refractivity contribution in [1.29, 1.82) is 0 Å². The number of rotatable bonds is 6. The Balaban J connectivity index is 2.10. The molecule has 2 rings (SSSR count). The average molecular weight is 319 g/mol. The van der Waals surface area contributed by atoms with Crippen molar-refractivity contribution in [3.63, 3.8) is 0 Å². The normalized spacial score (nSPS) is 11.6. The molecule has 0 aliphatic heterocycles. The average Bonchev–Trinajstić information content (AvgIpc) is 2.53. The highest BCUT2D eigenvalue weighted by Gasteiger charge is 2.11. The van der Waals surface area contributed by atoms with Crippen LogP contribution in [0.3, 0.4) is 0 Å². The summed E-state index contributed by atoms with van der Waals surface area (Å²) in [5, 5.41) is 0. The van der Waals surface area contributed by atoms with E-state index in [-0.39, 0.29) is 4.90 Å². The molecule has 2 aromatic rings. The minimum Gasteiger partial charge on any atom is -0.489 e. The molecule has 0 saturated carbocycles. The van der Waals surface area contributed by atoms with Crippen molar-refractivity contribution in [1.82, 2.24) is 4.72 Å². The van der Waals surface area contributed by atoms with Gasteiger partial charge >= 0.3 is 0 Å². The van der Waals surface area contributed by atoms with Crippen LogP contribution >= 0.6 is 0 Å². The second-order valence-electron chi connectivity index (χ2n) is 5.33. The smallest absolute Gasteiger partial charge is 0.240 e. The number of sulfonamides is 1. The van der Waals surface area contributed by atoms with Gasteiger partial charge in [0.05, 0.1) is 4.90 Å². The van der Waals surface area contributed by atoms with Gasteiger partial charge in [-0.2, -0.15) is 0 Å². The predicted molar refractivity (Wildman–Crippen MR) is 87.6 cm³/mol. The molecule has 4 nitrogen and oxygen atoms in total. The summed E-state index contributed by atoms with van der Waals surface area (Å²) in [5.74, 6) is 1.25. The molecule has 0 saturated heterocycles. The van der Waals surface area contributed by atoms with Gasteiger partial charge in [0.2, 0.25) is 10.0 Å². The third-order valence-corrected chi connectivity index (χ3v) is 4.87. The number of nitrogens with one attached hydrogen (secondary N) is 1. The Hall–Kier alpha value is -1.85. The zero-order chi connectivity index (χ0) is 16.2. The highest BCUT2D eigenvalue weighted by Crippen LogP contribution is 2.26. The van der Waals surface area contributed by atoms with Crippen LogP contribution in [0.1, 0.15) is 30.9 Å². The zero-order valence-electron chi connectivity index (χ0n) is 13.0. The molecule has 0 spiro atoms. The molecule has 0 unspecified atom stereocenters. The van der Waals surface area contributed by atoms with Crippen molar-refractivity contribution < 1.29 is 13.2 Å². The molecule has 118 valence electrons. The Morgan fingerprint density at radius 1 is 1.05 bits per heavy atom. The number of hydrogen-bond acceptors (Lipinski definition) is 3. The van der Waals surface area contributed by atoms with Gasteiger partial charge in [0.1, 0.15) is 12.4 Å². The molecule has 0 aliphatic rings. The summed E-state index contributed by atoms with van der Waals surface area (Å²) in [6.07, 6.45) is 0. The molecule has 5 heteroatoms. The van der Waals surface area contributed by atoms with Gasteiger partial charge in [0.25, 0.3) is 0 Å². The molecule has 0 aliphatic carbocycles. The van der Waals surface area contributed by atoms with Crippen LogP contribution in [0.2, 0.25) is 0 Å². The summed E-state index contributed by atoms with van der Waals surface area (Å²) >= 11 is 0. The van der Waals surface area contributed by atoms with E-state index in [1.807, 2.05) is 18.2 Å². The molecular weight excluding hydrogens is 298 g/mol. The predicted octanol–water partition coefficient (Wildman–Crippen LogP) is 3.30. The molecule has 0 heterocycles. The molecule has 1 N–H and O–H groups in total. The fraction of sp³-hybridized carbons (Fsp3) is 0.294. The lowest BCUT2D eigenvalue weighted by Crippen LogP contribution is -2.18. The van der Waals surface area contributed by atoms with E-state index in [1.165, 1.54) is 7.05 Å². The SMILES string of the molecule is CNS(=O)(=O)c1ccc(COc2ccccc2C(C)C)cc1. The largest absolute Gasteiger partial charge is 0.489 e. The number of hydrogen-bond donors (Lipinski definition) is 1. The van der Waals surface area contributed by atoms with Gasteiger partial charge in [-0.15, -0.1) is 0 Å². The highest BCUT2D eigenvalue weighted by molar-refractivity contribution is 7.89. The molecular formula is C17H21NO3S. The van der Waals surface area contributed by atoms with E-state index in [0.717, 1.165) is 16.9 Å². The van der Waals surface area contributed by atoms with Crippen molar-refractivity contribution in [2.24, 2.45) is 0 Å². The molecule has 0 radical (unpaired) electrons. The Bertz CT molecular complexity index is 722. The first-order chi connectivity index (χ1) is 10.4. The van der Waals surface area contributed by atoms with Crippen LogP contribution in [0.4, 0.5) is 0 Å². The second-order valence-corrected chi connectivity index (χ2v) is 7.22. The summed E-state index contributed by atoms with van der Waals surface area (Å²) in [5.41, 5.74) is 2.09. The van der Waals surface area contributed by atoms with E-state index in [2.05, 4.69) is 24.6 Å².